The standard InChI is InChI=1S/C18H21FN2O/c1-3-14-7-6-9-16(11-14)20-18(22)13-21(2)12-15-8-4-5-10-17(15)19/h4-11H,3,12-13H2,1-2H3,(H,20,22). The van der Waals surface area contributed by atoms with Gasteiger partial charge in [-0.1, -0.05) is 37.3 Å². The molecule has 3 nitrogen and oxygen atoms in total. The van der Waals surface area contributed by atoms with E-state index in [1.165, 1.54) is 11.6 Å². The second kappa shape index (κ2) is 7.71. The van der Waals surface area contributed by atoms with E-state index in [0.717, 1.165) is 12.1 Å². The highest BCUT2D eigenvalue weighted by Gasteiger charge is 2.09. The molecule has 1 N–H and O–H groups in total. The van der Waals surface area contributed by atoms with Gasteiger partial charge < -0.3 is 5.32 Å². The maximum Gasteiger partial charge on any atom is 0.238 e. The molecule has 2 rings (SSSR count). The number of likely N-dealkylation sites (N-methyl/N-ethyl adjacent to an activating group) is 1. The monoisotopic (exact) mass is 300 g/mol. The lowest BCUT2D eigenvalue weighted by Gasteiger charge is -2.17. The number of carbonyl (C=O) groups is 1. The number of amides is 1. The summed E-state index contributed by atoms with van der Waals surface area (Å²) in [5.74, 6) is -0.350. The van der Waals surface area contributed by atoms with Gasteiger partial charge in [0.2, 0.25) is 5.91 Å². The minimum Gasteiger partial charge on any atom is -0.325 e. The summed E-state index contributed by atoms with van der Waals surface area (Å²) in [6.45, 7) is 2.68. The lowest BCUT2D eigenvalue weighted by molar-refractivity contribution is -0.117. The van der Waals surface area contributed by atoms with Gasteiger partial charge in [0.15, 0.2) is 0 Å². The van der Waals surface area contributed by atoms with Crippen molar-refractivity contribution in [3.05, 3.63) is 65.5 Å². The Kier molecular flexibility index (Phi) is 5.67. The van der Waals surface area contributed by atoms with Crippen molar-refractivity contribution in [3.63, 3.8) is 0 Å². The van der Waals surface area contributed by atoms with Crippen LogP contribution in [0.4, 0.5) is 10.1 Å². The van der Waals surface area contributed by atoms with Crippen molar-refractivity contribution in [2.24, 2.45) is 0 Å². The van der Waals surface area contributed by atoms with Crippen LogP contribution < -0.4 is 5.32 Å². The summed E-state index contributed by atoms with van der Waals surface area (Å²) in [4.78, 5) is 13.8. The molecule has 116 valence electrons. The number of rotatable bonds is 6. The molecule has 4 heteroatoms. The summed E-state index contributed by atoms with van der Waals surface area (Å²) in [6, 6.07) is 14.4. The van der Waals surface area contributed by atoms with Crippen LogP contribution in [0.25, 0.3) is 0 Å². The van der Waals surface area contributed by atoms with Crippen molar-refractivity contribution >= 4 is 11.6 Å². The first-order valence-electron chi connectivity index (χ1n) is 7.39. The van der Waals surface area contributed by atoms with Gasteiger partial charge in [0.05, 0.1) is 6.54 Å². The predicted molar refractivity (Wildman–Crippen MR) is 87.2 cm³/mol. The molecular weight excluding hydrogens is 279 g/mol. The van der Waals surface area contributed by atoms with Crippen molar-refractivity contribution < 1.29 is 9.18 Å². The fourth-order valence-electron chi connectivity index (χ4n) is 2.29. The van der Waals surface area contributed by atoms with E-state index >= 15 is 0 Å². The number of halogens is 1. The molecule has 0 radical (unpaired) electrons. The van der Waals surface area contributed by atoms with Crippen LogP contribution in [-0.2, 0) is 17.8 Å². The smallest absolute Gasteiger partial charge is 0.238 e. The molecule has 0 unspecified atom stereocenters. The van der Waals surface area contributed by atoms with Crippen molar-refractivity contribution in [1.82, 2.24) is 4.90 Å². The summed E-state index contributed by atoms with van der Waals surface area (Å²) < 4.78 is 13.6. The molecule has 1 amide bonds. The van der Waals surface area contributed by atoms with Gasteiger partial charge in [-0.2, -0.15) is 0 Å². The Hall–Kier alpha value is -2.20. The molecule has 0 atom stereocenters. The summed E-state index contributed by atoms with van der Waals surface area (Å²) in [6.07, 6.45) is 0.927. The number of benzene rings is 2. The minimum absolute atomic E-state index is 0.105. The first kappa shape index (κ1) is 16.2. The van der Waals surface area contributed by atoms with Crippen LogP contribution in [0.15, 0.2) is 48.5 Å². The SMILES string of the molecule is CCc1cccc(NC(=O)CN(C)Cc2ccccc2F)c1. The number of nitrogens with one attached hydrogen (secondary N) is 1. The molecule has 0 saturated heterocycles. The van der Waals surface area contributed by atoms with Crippen LogP contribution >= 0.6 is 0 Å². The molecule has 0 aliphatic rings. The maximum absolute atomic E-state index is 13.6. The minimum atomic E-state index is -0.245. The summed E-state index contributed by atoms with van der Waals surface area (Å²) in [5.41, 5.74) is 2.56. The Bertz CT molecular complexity index is 642. The van der Waals surface area contributed by atoms with E-state index in [0.29, 0.717) is 12.1 Å². The summed E-state index contributed by atoms with van der Waals surface area (Å²) in [5, 5.41) is 2.87. The molecule has 0 fully saturated rings. The fourth-order valence-corrected chi connectivity index (χ4v) is 2.29. The molecule has 2 aromatic carbocycles. The average Bonchev–Trinajstić information content (AvgIpc) is 2.49. The van der Waals surface area contributed by atoms with E-state index in [-0.39, 0.29) is 18.3 Å². The second-order valence-corrected chi connectivity index (χ2v) is 5.37. The zero-order chi connectivity index (χ0) is 15.9. The van der Waals surface area contributed by atoms with Crippen molar-refractivity contribution in [3.8, 4) is 0 Å². The topological polar surface area (TPSA) is 32.3 Å². The van der Waals surface area contributed by atoms with Crippen LogP contribution in [0.5, 0.6) is 0 Å². The molecular formula is C18H21FN2O. The van der Waals surface area contributed by atoms with Crippen LogP contribution in [0.2, 0.25) is 0 Å². The van der Waals surface area contributed by atoms with Gasteiger partial charge >= 0.3 is 0 Å². The van der Waals surface area contributed by atoms with E-state index < -0.39 is 0 Å². The second-order valence-electron chi connectivity index (χ2n) is 5.37. The molecule has 0 saturated carbocycles. The molecule has 0 aliphatic heterocycles. The van der Waals surface area contributed by atoms with E-state index in [1.54, 1.807) is 30.1 Å². The van der Waals surface area contributed by atoms with Gasteiger partial charge in [0, 0.05) is 17.8 Å². The van der Waals surface area contributed by atoms with E-state index in [4.69, 9.17) is 0 Å². The Labute approximate surface area is 130 Å². The predicted octanol–water partition coefficient (Wildman–Crippen LogP) is 3.46. The lowest BCUT2D eigenvalue weighted by Crippen LogP contribution is -2.30. The number of carbonyl (C=O) groups excluding carboxylic acids is 1. The van der Waals surface area contributed by atoms with Crippen LogP contribution in [0.1, 0.15) is 18.1 Å². The molecule has 22 heavy (non-hydrogen) atoms. The molecule has 0 aromatic heterocycles. The zero-order valence-electron chi connectivity index (χ0n) is 13.0. The third-order valence-electron chi connectivity index (χ3n) is 3.43. The van der Waals surface area contributed by atoms with Gasteiger partial charge in [-0.15, -0.1) is 0 Å². The van der Waals surface area contributed by atoms with Gasteiger partial charge in [0.1, 0.15) is 5.82 Å². The molecule has 0 aliphatic carbocycles. The van der Waals surface area contributed by atoms with Crippen LogP contribution in [0, 0.1) is 5.82 Å². The van der Waals surface area contributed by atoms with E-state index in [1.807, 2.05) is 24.3 Å². The van der Waals surface area contributed by atoms with Gasteiger partial charge in [0.25, 0.3) is 0 Å². The lowest BCUT2D eigenvalue weighted by atomic mass is 10.1. The molecule has 2 aromatic rings. The Morgan fingerprint density at radius 1 is 1.18 bits per heavy atom. The number of hydrogen-bond acceptors (Lipinski definition) is 2. The zero-order valence-corrected chi connectivity index (χ0v) is 13.0. The molecule has 0 bridgehead atoms. The van der Waals surface area contributed by atoms with Crippen molar-refractivity contribution in [2.45, 2.75) is 19.9 Å². The molecule has 0 heterocycles. The highest BCUT2D eigenvalue weighted by molar-refractivity contribution is 5.92. The highest BCUT2D eigenvalue weighted by atomic mass is 19.1. The highest BCUT2D eigenvalue weighted by Crippen LogP contribution is 2.12. The van der Waals surface area contributed by atoms with Crippen molar-refractivity contribution in [2.75, 3.05) is 18.9 Å². The number of nitrogens with zero attached hydrogens (tertiary/aromatic N) is 1. The number of anilines is 1. The first-order chi connectivity index (χ1) is 10.6. The van der Waals surface area contributed by atoms with Crippen LogP contribution in [-0.4, -0.2) is 24.4 Å². The van der Waals surface area contributed by atoms with Gasteiger partial charge in [-0.05, 0) is 37.2 Å². The average molecular weight is 300 g/mol. The van der Waals surface area contributed by atoms with Crippen molar-refractivity contribution in [1.29, 1.82) is 0 Å². The quantitative estimate of drug-likeness (QED) is 0.886. The third-order valence-corrected chi connectivity index (χ3v) is 3.43. The van der Waals surface area contributed by atoms with E-state index in [9.17, 15) is 9.18 Å². The van der Waals surface area contributed by atoms with Gasteiger partial charge in [-0.3, -0.25) is 9.69 Å². The Balaban J connectivity index is 1.90. The summed E-state index contributed by atoms with van der Waals surface area (Å²) in [7, 11) is 1.80. The summed E-state index contributed by atoms with van der Waals surface area (Å²) >= 11 is 0. The first-order valence-corrected chi connectivity index (χ1v) is 7.39. The molecule has 0 spiro atoms. The van der Waals surface area contributed by atoms with E-state index in [2.05, 4.69) is 12.2 Å². The number of hydrogen-bond donors (Lipinski definition) is 1. The maximum atomic E-state index is 13.6. The van der Waals surface area contributed by atoms with Crippen LogP contribution in [0.3, 0.4) is 0 Å². The van der Waals surface area contributed by atoms with Gasteiger partial charge in [-0.25, -0.2) is 4.39 Å². The normalized spacial score (nSPS) is 10.7. The Morgan fingerprint density at radius 3 is 2.68 bits per heavy atom. The Morgan fingerprint density at radius 2 is 1.95 bits per heavy atom. The number of aryl methyl sites for hydroxylation is 1. The largest absolute Gasteiger partial charge is 0.325 e. The fraction of sp³-hybridized carbons (Fsp3) is 0.278. The third kappa shape index (κ3) is 4.67.